The van der Waals surface area contributed by atoms with E-state index in [9.17, 15) is 0 Å². The normalized spacial score (nSPS) is 12.8. The van der Waals surface area contributed by atoms with E-state index in [0.29, 0.717) is 0 Å². The summed E-state index contributed by atoms with van der Waals surface area (Å²) in [6.45, 7) is 0. The molecule has 2 aliphatic carbocycles. The van der Waals surface area contributed by atoms with Crippen molar-refractivity contribution in [1.29, 1.82) is 0 Å². The number of rotatable bonds is 6. The zero-order chi connectivity index (χ0) is 39.6. The van der Waals surface area contributed by atoms with Crippen molar-refractivity contribution < 1.29 is 0 Å². The van der Waals surface area contributed by atoms with E-state index in [1.807, 2.05) is 0 Å². The number of anilines is 3. The summed E-state index contributed by atoms with van der Waals surface area (Å²) in [5.74, 6) is 0. The molecule has 0 fully saturated rings. The minimum Gasteiger partial charge on any atom is -0.311 e. The van der Waals surface area contributed by atoms with Crippen LogP contribution in [0.4, 0.5) is 17.1 Å². The molecular weight excluding hydrogens is 723 g/mol. The van der Waals surface area contributed by atoms with Gasteiger partial charge in [0, 0.05) is 17.1 Å². The van der Waals surface area contributed by atoms with Gasteiger partial charge in [-0.1, -0.05) is 200 Å². The Morgan fingerprint density at radius 3 is 1.20 bits per heavy atom. The smallest absolute Gasteiger partial charge is 0.0731 e. The highest BCUT2D eigenvalue weighted by molar-refractivity contribution is 6.16. The SMILES string of the molecule is c1ccc(-c2c(-c3ccc(-c4ccc(N(c5ccccc5)c5ccccc5)cc4)cc3)c3c(c4ccccc24)C2(c4ccccc4-c4ccccc42)c2ccccc2-3)cc1. The maximum Gasteiger partial charge on any atom is 0.0731 e. The van der Waals surface area contributed by atoms with E-state index < -0.39 is 5.41 Å². The van der Waals surface area contributed by atoms with Crippen molar-refractivity contribution in [3.63, 3.8) is 0 Å². The van der Waals surface area contributed by atoms with Gasteiger partial charge in [0.25, 0.3) is 0 Å². The predicted molar refractivity (Wildman–Crippen MR) is 251 cm³/mol. The van der Waals surface area contributed by atoms with Gasteiger partial charge in [-0.2, -0.15) is 0 Å². The third kappa shape index (κ3) is 4.99. The van der Waals surface area contributed by atoms with E-state index in [2.05, 4.69) is 241 Å². The third-order valence-corrected chi connectivity index (χ3v) is 12.9. The van der Waals surface area contributed by atoms with Gasteiger partial charge in [-0.05, 0) is 125 Å². The van der Waals surface area contributed by atoms with Crippen molar-refractivity contribution in [1.82, 2.24) is 0 Å². The summed E-state index contributed by atoms with van der Waals surface area (Å²) in [5.41, 5.74) is 21.0. The zero-order valence-corrected chi connectivity index (χ0v) is 33.0. The monoisotopic (exact) mass is 761 g/mol. The Morgan fingerprint density at radius 2 is 0.633 bits per heavy atom. The molecule has 2 aliphatic rings. The molecule has 0 saturated heterocycles. The Labute approximate surface area is 351 Å². The summed E-state index contributed by atoms with van der Waals surface area (Å²) in [6.07, 6.45) is 0. The summed E-state index contributed by atoms with van der Waals surface area (Å²) >= 11 is 0. The highest BCUT2D eigenvalue weighted by Gasteiger charge is 2.53. The Hall–Kier alpha value is -7.74. The lowest BCUT2D eigenvalue weighted by Gasteiger charge is -2.32. The first kappa shape index (κ1) is 34.3. The van der Waals surface area contributed by atoms with Gasteiger partial charge in [-0.15, -0.1) is 0 Å². The van der Waals surface area contributed by atoms with Crippen LogP contribution in [0.3, 0.4) is 0 Å². The first-order valence-electron chi connectivity index (χ1n) is 20.9. The second-order valence-electron chi connectivity index (χ2n) is 15.9. The van der Waals surface area contributed by atoms with E-state index in [-0.39, 0.29) is 0 Å². The molecule has 0 radical (unpaired) electrons. The van der Waals surface area contributed by atoms with Crippen molar-refractivity contribution in [2.75, 3.05) is 4.90 Å². The van der Waals surface area contributed by atoms with Crippen LogP contribution in [0.1, 0.15) is 22.3 Å². The van der Waals surface area contributed by atoms with Gasteiger partial charge in [0.1, 0.15) is 0 Å². The molecule has 60 heavy (non-hydrogen) atoms. The lowest BCUT2D eigenvalue weighted by Crippen LogP contribution is -2.26. The number of hydrogen-bond donors (Lipinski definition) is 0. The molecule has 10 aromatic carbocycles. The highest BCUT2D eigenvalue weighted by Crippen LogP contribution is 2.66. The number of fused-ring (bicyclic) bond motifs is 12. The molecule has 0 aromatic heterocycles. The Kier molecular flexibility index (Phi) is 7.83. The zero-order valence-electron chi connectivity index (χ0n) is 33.0. The molecule has 1 nitrogen and oxygen atoms in total. The van der Waals surface area contributed by atoms with Crippen LogP contribution < -0.4 is 4.90 Å². The quantitative estimate of drug-likeness (QED) is 0.163. The molecule has 10 aromatic rings. The van der Waals surface area contributed by atoms with Gasteiger partial charge in [0.2, 0.25) is 0 Å². The summed E-state index contributed by atoms with van der Waals surface area (Å²) in [7, 11) is 0. The van der Waals surface area contributed by atoms with E-state index in [4.69, 9.17) is 0 Å². The Bertz CT molecular complexity index is 3140. The van der Waals surface area contributed by atoms with Crippen molar-refractivity contribution in [3.8, 4) is 55.6 Å². The van der Waals surface area contributed by atoms with Gasteiger partial charge in [-0.3, -0.25) is 0 Å². The van der Waals surface area contributed by atoms with Crippen LogP contribution in [0.25, 0.3) is 66.4 Å². The summed E-state index contributed by atoms with van der Waals surface area (Å²) < 4.78 is 0. The average Bonchev–Trinajstić information content (AvgIpc) is 3.80. The molecule has 0 amide bonds. The van der Waals surface area contributed by atoms with Crippen molar-refractivity contribution >= 4 is 27.8 Å². The fourth-order valence-electron chi connectivity index (χ4n) is 10.5. The molecule has 0 bridgehead atoms. The second-order valence-corrected chi connectivity index (χ2v) is 15.9. The summed E-state index contributed by atoms with van der Waals surface area (Å²) in [6, 6.07) is 87.0. The van der Waals surface area contributed by atoms with Gasteiger partial charge in [0.05, 0.1) is 5.41 Å². The molecule has 0 heterocycles. The molecule has 0 N–H and O–H groups in total. The molecule has 0 atom stereocenters. The average molecular weight is 762 g/mol. The molecule has 0 saturated carbocycles. The molecule has 280 valence electrons. The van der Waals surface area contributed by atoms with Gasteiger partial charge < -0.3 is 4.90 Å². The predicted octanol–water partition coefficient (Wildman–Crippen LogP) is 15.7. The summed E-state index contributed by atoms with van der Waals surface area (Å²) in [5, 5.41) is 2.57. The van der Waals surface area contributed by atoms with Crippen molar-refractivity contribution in [3.05, 3.63) is 259 Å². The van der Waals surface area contributed by atoms with Crippen LogP contribution >= 0.6 is 0 Å². The van der Waals surface area contributed by atoms with E-state index in [1.54, 1.807) is 0 Å². The maximum atomic E-state index is 2.39. The summed E-state index contributed by atoms with van der Waals surface area (Å²) in [4.78, 5) is 2.31. The van der Waals surface area contributed by atoms with Crippen LogP contribution in [0.2, 0.25) is 0 Å². The molecule has 1 heteroatoms. The van der Waals surface area contributed by atoms with Crippen LogP contribution in [0, 0.1) is 0 Å². The van der Waals surface area contributed by atoms with Crippen LogP contribution in [0.15, 0.2) is 237 Å². The van der Waals surface area contributed by atoms with E-state index in [0.717, 1.165) is 17.1 Å². The highest BCUT2D eigenvalue weighted by atomic mass is 15.1. The second kappa shape index (κ2) is 13.7. The third-order valence-electron chi connectivity index (χ3n) is 12.9. The van der Waals surface area contributed by atoms with Crippen LogP contribution in [0.5, 0.6) is 0 Å². The topological polar surface area (TPSA) is 3.24 Å². The lowest BCUT2D eigenvalue weighted by atomic mass is 9.68. The Balaban J connectivity index is 1.08. The molecule has 1 spiro atoms. The van der Waals surface area contributed by atoms with Gasteiger partial charge in [0.15, 0.2) is 0 Å². The number of para-hydroxylation sites is 2. The fraction of sp³-hybridized carbons (Fsp3) is 0.0169. The van der Waals surface area contributed by atoms with Gasteiger partial charge in [-0.25, -0.2) is 0 Å². The lowest BCUT2D eigenvalue weighted by molar-refractivity contribution is 0.801. The fourth-order valence-corrected chi connectivity index (χ4v) is 10.5. The molecule has 0 aliphatic heterocycles. The van der Waals surface area contributed by atoms with Crippen molar-refractivity contribution in [2.45, 2.75) is 5.41 Å². The number of benzene rings is 10. The number of hydrogen-bond acceptors (Lipinski definition) is 1. The minimum absolute atomic E-state index is 0.461. The molecular formula is C59H39N. The van der Waals surface area contributed by atoms with E-state index in [1.165, 1.54) is 88.7 Å². The minimum atomic E-state index is -0.461. The largest absolute Gasteiger partial charge is 0.311 e. The maximum absolute atomic E-state index is 2.39. The first-order chi connectivity index (χ1) is 29.8. The standard InChI is InChI=1S/C59H39N/c1-4-18-42(19-5-1)55-49-26-10-11-27-50(49)58-57(51-28-14-17-31-54(51)59(58)52-29-15-12-24-47(52)48-25-13-16-30-53(48)59)56(55)43-34-32-40(33-35-43)41-36-38-46(39-37-41)60(44-20-6-2-7-21-44)45-22-8-3-9-23-45/h1-39H. The molecule has 12 rings (SSSR count). The van der Waals surface area contributed by atoms with Crippen LogP contribution in [-0.4, -0.2) is 0 Å². The van der Waals surface area contributed by atoms with Crippen molar-refractivity contribution in [2.24, 2.45) is 0 Å². The Morgan fingerprint density at radius 1 is 0.250 bits per heavy atom. The van der Waals surface area contributed by atoms with Crippen LogP contribution in [-0.2, 0) is 5.41 Å². The van der Waals surface area contributed by atoms with E-state index >= 15 is 0 Å². The number of nitrogens with zero attached hydrogens (tertiary/aromatic N) is 1. The first-order valence-corrected chi connectivity index (χ1v) is 20.9. The van der Waals surface area contributed by atoms with Gasteiger partial charge >= 0.3 is 0 Å². The molecule has 0 unspecified atom stereocenters.